The van der Waals surface area contributed by atoms with Gasteiger partial charge in [-0.05, 0) is 54.2 Å². The second-order valence-corrected chi connectivity index (χ2v) is 12.3. The number of rotatable bonds is 4. The summed E-state index contributed by atoms with van der Waals surface area (Å²) in [4.78, 5) is 16.5. The molecule has 9 nitrogen and oxygen atoms in total. The minimum absolute atomic E-state index is 0.0312. The van der Waals surface area contributed by atoms with E-state index in [4.69, 9.17) is 33.2 Å². The van der Waals surface area contributed by atoms with Gasteiger partial charge in [-0.15, -0.1) is 6.42 Å². The summed E-state index contributed by atoms with van der Waals surface area (Å²) in [5.41, 5.74) is 6.57. The molecule has 0 amide bonds. The predicted molar refractivity (Wildman–Crippen MR) is 181 cm³/mol. The molecule has 0 radical (unpaired) electrons. The van der Waals surface area contributed by atoms with E-state index in [0.29, 0.717) is 30.0 Å². The smallest absolute Gasteiger partial charge is 0.318 e. The van der Waals surface area contributed by atoms with Gasteiger partial charge in [0.15, 0.2) is 11.6 Å². The van der Waals surface area contributed by atoms with E-state index >= 15 is 4.39 Å². The lowest BCUT2D eigenvalue weighted by atomic mass is 9.92. The number of fused-ring (bicyclic) bond motifs is 1. The molecule has 0 spiro atoms. The molecule has 3 aromatic carbocycles. The summed E-state index contributed by atoms with van der Waals surface area (Å²) < 4.78 is 67.4. The number of aromatic hydroxyl groups is 1. The number of anilines is 2. The molecule has 254 valence electrons. The normalized spacial score (nSPS) is 16.9. The zero-order valence-corrected chi connectivity index (χ0v) is 27.5. The van der Waals surface area contributed by atoms with Crippen LogP contribution in [0.3, 0.4) is 0 Å². The van der Waals surface area contributed by atoms with E-state index in [1.165, 1.54) is 31.4 Å². The average Bonchev–Trinajstić information content (AvgIpc) is 3.32. The van der Waals surface area contributed by atoms with Gasteiger partial charge in [0.1, 0.15) is 35.3 Å². The topological polar surface area (TPSA) is 110 Å². The number of phenolic OH excluding ortho intramolecular Hbond substituents is 1. The Bertz CT molecular complexity index is 2140. The van der Waals surface area contributed by atoms with Crippen molar-refractivity contribution in [2.24, 2.45) is 0 Å². The summed E-state index contributed by atoms with van der Waals surface area (Å²) in [5.74, 6) is -0.951. The fourth-order valence-electron chi connectivity index (χ4n) is 6.16. The third-order valence-electron chi connectivity index (χ3n) is 8.63. The number of alkyl halides is 2. The van der Waals surface area contributed by atoms with Crippen molar-refractivity contribution in [2.75, 3.05) is 51.5 Å². The second kappa shape index (κ2) is 13.1. The number of hydrogen-bond acceptors (Lipinski definition) is 9. The van der Waals surface area contributed by atoms with Crippen LogP contribution in [0.2, 0.25) is 5.02 Å². The van der Waals surface area contributed by atoms with Crippen LogP contribution >= 0.6 is 11.6 Å². The number of ether oxygens (including phenoxy) is 2. The van der Waals surface area contributed by atoms with Crippen molar-refractivity contribution in [1.29, 1.82) is 0 Å². The van der Waals surface area contributed by atoms with Gasteiger partial charge in [0.25, 0.3) is 5.92 Å². The fraction of sp³-hybridized carbons (Fsp3) is 0.286. The number of nitrogens with zero attached hydrogens (tertiary/aromatic N) is 5. The highest BCUT2D eigenvalue weighted by molar-refractivity contribution is 6.37. The largest absolute Gasteiger partial charge is 0.508 e. The van der Waals surface area contributed by atoms with Crippen LogP contribution in [0.15, 0.2) is 42.6 Å². The van der Waals surface area contributed by atoms with E-state index in [-0.39, 0.29) is 81.1 Å². The van der Waals surface area contributed by atoms with Crippen LogP contribution in [0.25, 0.3) is 32.8 Å². The first-order valence-electron chi connectivity index (χ1n) is 15.1. The molecule has 1 fully saturated rings. The molecular formula is C35H31ClF4N6O3. The second-order valence-electron chi connectivity index (χ2n) is 11.9. The highest BCUT2D eigenvalue weighted by Crippen LogP contribution is 2.50. The molecule has 1 unspecified atom stereocenters. The van der Waals surface area contributed by atoms with Crippen LogP contribution in [0.4, 0.5) is 29.2 Å². The Labute approximate surface area is 284 Å². The maximum atomic E-state index is 16.6. The number of hydrogen-bond donors (Lipinski definition) is 2. The summed E-state index contributed by atoms with van der Waals surface area (Å²) in [6.07, 6.45) is 7.73. The molecule has 7 rings (SSSR count). The van der Waals surface area contributed by atoms with Crippen molar-refractivity contribution in [1.82, 2.24) is 19.9 Å². The first-order chi connectivity index (χ1) is 23.3. The number of nitrogens with two attached hydrogens (primary N) is 1. The number of terminal acetylenes is 1. The molecule has 4 heterocycles. The molecule has 0 bridgehead atoms. The maximum Gasteiger partial charge on any atom is 0.318 e. The maximum absolute atomic E-state index is 16.6. The van der Waals surface area contributed by atoms with Crippen molar-refractivity contribution in [3.63, 3.8) is 0 Å². The molecule has 14 heteroatoms. The number of phenols is 1. The molecule has 2 aliphatic heterocycles. The summed E-state index contributed by atoms with van der Waals surface area (Å²) in [7, 11) is 4.87. The molecule has 2 aliphatic rings. The molecule has 5 aromatic rings. The minimum atomic E-state index is -2.41. The first kappa shape index (κ1) is 33.8. The fourth-order valence-corrected chi connectivity index (χ4v) is 6.50. The number of halogens is 5. The third-order valence-corrected chi connectivity index (χ3v) is 9.00. The average molecular weight is 695 g/mol. The van der Waals surface area contributed by atoms with Gasteiger partial charge in [-0.2, -0.15) is 9.97 Å². The molecule has 49 heavy (non-hydrogen) atoms. The number of likely N-dealkylation sites (tertiary alicyclic amines) is 1. The Morgan fingerprint density at radius 1 is 1.18 bits per heavy atom. The number of methoxy groups -OCH3 is 1. The number of benzene rings is 3. The Hall–Kier alpha value is -5.06. The molecular weight excluding hydrogens is 664 g/mol. The summed E-state index contributed by atoms with van der Waals surface area (Å²) in [6, 6.07) is 8.57. The van der Waals surface area contributed by atoms with E-state index in [9.17, 15) is 18.3 Å². The molecule has 0 saturated carbocycles. The van der Waals surface area contributed by atoms with Crippen molar-refractivity contribution >= 4 is 44.9 Å². The Morgan fingerprint density at radius 3 is 2.59 bits per heavy atom. The zero-order chi connectivity index (χ0) is 35.2. The van der Waals surface area contributed by atoms with E-state index in [0.717, 1.165) is 5.56 Å². The SMILES string of the molecule is C#Cc1c(F)ccc2cc(O)cc(-c3c(Cl)c4c5c(nc(OC)nc5c3F)N(C)C(Cc3cccnc3N)CO4)c12.CN1CCC(F)(F)C1. The van der Waals surface area contributed by atoms with Crippen LogP contribution in [-0.2, 0) is 6.42 Å². The lowest BCUT2D eigenvalue weighted by Gasteiger charge is -2.27. The monoisotopic (exact) mass is 694 g/mol. The summed E-state index contributed by atoms with van der Waals surface area (Å²) in [6.45, 7) is 0.592. The Morgan fingerprint density at radius 2 is 1.96 bits per heavy atom. The van der Waals surface area contributed by atoms with Gasteiger partial charge in [-0.1, -0.05) is 29.7 Å². The number of likely N-dealkylation sites (N-methyl/N-ethyl adjacent to an activating group) is 1. The van der Waals surface area contributed by atoms with Crippen molar-refractivity contribution in [3.8, 4) is 41.0 Å². The van der Waals surface area contributed by atoms with Crippen LogP contribution in [0, 0.1) is 24.0 Å². The minimum Gasteiger partial charge on any atom is -0.508 e. The molecule has 1 atom stereocenters. The van der Waals surface area contributed by atoms with Crippen molar-refractivity contribution in [3.05, 3.63) is 70.4 Å². The molecule has 0 aliphatic carbocycles. The molecule has 3 N–H and O–H groups in total. The van der Waals surface area contributed by atoms with E-state index in [1.807, 2.05) is 11.0 Å². The van der Waals surface area contributed by atoms with Gasteiger partial charge in [0.2, 0.25) is 0 Å². The highest BCUT2D eigenvalue weighted by Gasteiger charge is 2.36. The quantitative estimate of drug-likeness (QED) is 0.162. The van der Waals surface area contributed by atoms with E-state index in [1.54, 1.807) is 31.3 Å². The van der Waals surface area contributed by atoms with Gasteiger partial charge < -0.3 is 30.1 Å². The van der Waals surface area contributed by atoms with Gasteiger partial charge in [0.05, 0.1) is 35.7 Å². The third kappa shape index (κ3) is 6.29. The van der Waals surface area contributed by atoms with Gasteiger partial charge in [-0.25, -0.2) is 22.5 Å². The van der Waals surface area contributed by atoms with Crippen LogP contribution in [-0.4, -0.2) is 77.8 Å². The molecule has 2 aromatic heterocycles. The highest BCUT2D eigenvalue weighted by atomic mass is 35.5. The van der Waals surface area contributed by atoms with Crippen molar-refractivity contribution < 1.29 is 32.1 Å². The van der Waals surface area contributed by atoms with Crippen LogP contribution in [0.1, 0.15) is 17.5 Å². The van der Waals surface area contributed by atoms with Crippen molar-refractivity contribution in [2.45, 2.75) is 24.8 Å². The summed E-state index contributed by atoms with van der Waals surface area (Å²) >= 11 is 6.92. The lowest BCUT2D eigenvalue weighted by molar-refractivity contribution is 0.0146. The lowest BCUT2D eigenvalue weighted by Crippen LogP contribution is -2.38. The van der Waals surface area contributed by atoms with Crippen LogP contribution < -0.4 is 20.1 Å². The van der Waals surface area contributed by atoms with Crippen LogP contribution in [0.5, 0.6) is 17.5 Å². The van der Waals surface area contributed by atoms with E-state index in [2.05, 4.69) is 20.9 Å². The summed E-state index contributed by atoms with van der Waals surface area (Å²) in [5, 5.41) is 11.2. The predicted octanol–water partition coefficient (Wildman–Crippen LogP) is 6.45. The first-order valence-corrected chi connectivity index (χ1v) is 15.5. The number of aromatic nitrogens is 3. The van der Waals surface area contributed by atoms with Gasteiger partial charge in [0, 0.05) is 37.2 Å². The Balaban J connectivity index is 0.000000459. The Kier molecular flexibility index (Phi) is 9.04. The zero-order valence-electron chi connectivity index (χ0n) is 26.7. The standard InChI is InChI=1S/C30H22ClF2N5O3.C5H9F2N/c1-4-18-20(32)8-7-14-11-17(39)12-19(21(14)18)22-24(31)27-23-26(25(22)33)36-30(40-3)37-29(23)38(2)16(13-41-27)10-15-6-5-9-35-28(15)34;1-8-3-2-5(6,7)4-8/h1,5-9,11-12,16,39H,10,13H2,2-3H3,(H2,34,35);2-4H2,1H3. The number of nitrogen functional groups attached to an aromatic ring is 1. The number of pyridine rings is 1. The van der Waals surface area contributed by atoms with Gasteiger partial charge >= 0.3 is 6.01 Å². The van der Waals surface area contributed by atoms with E-state index < -0.39 is 17.6 Å². The van der Waals surface area contributed by atoms with Gasteiger partial charge in [-0.3, -0.25) is 0 Å². The molecule has 1 saturated heterocycles.